The monoisotopic (exact) mass is 197 g/mol. The van der Waals surface area contributed by atoms with E-state index in [1.165, 1.54) is 11.3 Å². The summed E-state index contributed by atoms with van der Waals surface area (Å²) in [5.41, 5.74) is 1.17. The molecule has 1 N–H and O–H groups in total. The molecule has 0 radical (unpaired) electrons. The molecule has 0 amide bonds. The topological polar surface area (TPSA) is 50.2 Å². The van der Waals surface area contributed by atoms with Gasteiger partial charge in [0.15, 0.2) is 11.3 Å². The third kappa shape index (κ3) is 2.02. The molecule has 1 heterocycles. The van der Waals surface area contributed by atoms with Crippen molar-refractivity contribution in [3.8, 4) is 0 Å². The van der Waals surface area contributed by atoms with E-state index in [-0.39, 0.29) is 0 Å². The summed E-state index contributed by atoms with van der Waals surface area (Å²) in [6.45, 7) is 7.19. The Morgan fingerprint density at radius 1 is 1.77 bits per heavy atom. The Morgan fingerprint density at radius 3 is 2.77 bits per heavy atom. The molecule has 3 nitrogen and oxygen atoms in total. The zero-order chi connectivity index (χ0) is 10.0. The summed E-state index contributed by atoms with van der Waals surface area (Å²) in [7, 11) is 0. The first-order valence-corrected chi connectivity index (χ1v) is 4.64. The molecule has 1 aromatic rings. The summed E-state index contributed by atoms with van der Waals surface area (Å²) < 4.78 is 0. The van der Waals surface area contributed by atoms with Crippen LogP contribution in [-0.4, -0.2) is 16.4 Å². The molecule has 70 valence electrons. The summed E-state index contributed by atoms with van der Waals surface area (Å²) in [6, 6.07) is 0. The number of hydrogen-bond donors (Lipinski definition) is 1. The van der Waals surface area contributed by atoms with E-state index in [9.17, 15) is 9.90 Å². The normalized spacial score (nSPS) is 12.5. The number of aromatic nitrogens is 1. The largest absolute Gasteiger partial charge is 0.382 e. The molecule has 0 spiro atoms. The highest BCUT2D eigenvalue weighted by Gasteiger charge is 2.15. The lowest BCUT2D eigenvalue weighted by Gasteiger charge is -2.07. The molecule has 0 saturated carbocycles. The number of nitrogens with zero attached hydrogens (tertiary/aromatic N) is 1. The molecule has 0 aliphatic rings. The van der Waals surface area contributed by atoms with Gasteiger partial charge in [-0.3, -0.25) is 4.79 Å². The average molecular weight is 197 g/mol. The molecule has 0 saturated heterocycles. The second kappa shape index (κ2) is 3.81. The number of rotatable bonds is 3. The van der Waals surface area contributed by atoms with Crippen LogP contribution < -0.4 is 0 Å². The number of hydrogen-bond acceptors (Lipinski definition) is 4. The van der Waals surface area contributed by atoms with E-state index in [0.29, 0.717) is 22.6 Å². The van der Waals surface area contributed by atoms with Crippen molar-refractivity contribution in [1.29, 1.82) is 0 Å². The molecule has 0 aliphatic carbocycles. The number of thiazole rings is 1. The molecule has 1 rings (SSSR count). The van der Waals surface area contributed by atoms with Gasteiger partial charge >= 0.3 is 0 Å². The van der Waals surface area contributed by atoms with E-state index in [1.807, 2.05) is 6.92 Å². The highest BCUT2D eigenvalue weighted by Crippen LogP contribution is 2.25. The van der Waals surface area contributed by atoms with Crippen LogP contribution in [0, 0.1) is 6.92 Å². The van der Waals surface area contributed by atoms with E-state index in [0.717, 1.165) is 4.88 Å². The first-order valence-electron chi connectivity index (χ1n) is 3.82. The smallest absolute Gasteiger partial charge is 0.178 e. The fourth-order valence-corrected chi connectivity index (χ4v) is 1.73. The number of aryl methyl sites for hydroxylation is 1. The molecular formula is C9H11NO2S. The Kier molecular flexibility index (Phi) is 2.95. The van der Waals surface area contributed by atoms with E-state index in [4.69, 9.17) is 0 Å². The third-order valence-electron chi connectivity index (χ3n) is 1.68. The minimum absolute atomic E-state index is 0.396. The average Bonchev–Trinajstić information content (AvgIpc) is 2.45. The maximum Gasteiger partial charge on any atom is 0.178 e. The van der Waals surface area contributed by atoms with Crippen molar-refractivity contribution in [1.82, 2.24) is 4.98 Å². The molecule has 13 heavy (non-hydrogen) atoms. The lowest BCUT2D eigenvalue weighted by molar-refractivity contribution is 0.112. The van der Waals surface area contributed by atoms with Gasteiger partial charge < -0.3 is 5.11 Å². The highest BCUT2D eigenvalue weighted by molar-refractivity contribution is 7.13. The molecular weight excluding hydrogens is 186 g/mol. The maximum atomic E-state index is 10.4. The van der Waals surface area contributed by atoms with Crippen LogP contribution in [0.25, 0.3) is 0 Å². The van der Waals surface area contributed by atoms with Crippen LogP contribution in [0.3, 0.4) is 0 Å². The summed E-state index contributed by atoms with van der Waals surface area (Å²) in [6.07, 6.45) is -0.0725. The van der Waals surface area contributed by atoms with Gasteiger partial charge in [-0.1, -0.05) is 6.58 Å². The highest BCUT2D eigenvalue weighted by atomic mass is 32.1. The first-order chi connectivity index (χ1) is 6.06. The molecule has 4 heteroatoms. The summed E-state index contributed by atoms with van der Waals surface area (Å²) in [4.78, 5) is 15.3. The van der Waals surface area contributed by atoms with Gasteiger partial charge in [0.2, 0.25) is 0 Å². The van der Waals surface area contributed by atoms with Gasteiger partial charge in [0, 0.05) is 4.88 Å². The molecule has 0 aliphatic heterocycles. The van der Waals surface area contributed by atoms with Crippen LogP contribution in [0.15, 0.2) is 12.2 Å². The number of carbonyl (C=O) groups excluding carboxylic acids is 1. The van der Waals surface area contributed by atoms with Gasteiger partial charge in [0.1, 0.15) is 6.10 Å². The van der Waals surface area contributed by atoms with E-state index >= 15 is 0 Å². The van der Waals surface area contributed by atoms with Gasteiger partial charge in [0.25, 0.3) is 0 Å². The van der Waals surface area contributed by atoms with Crippen LogP contribution in [0.4, 0.5) is 0 Å². The Bertz CT molecular complexity index is 343. The van der Waals surface area contributed by atoms with Crippen LogP contribution in [-0.2, 0) is 0 Å². The minimum Gasteiger partial charge on any atom is -0.382 e. The van der Waals surface area contributed by atoms with Crippen LogP contribution in [0.5, 0.6) is 0 Å². The maximum absolute atomic E-state index is 10.4. The fourth-order valence-electron chi connectivity index (χ4n) is 0.967. The molecule has 1 atom stereocenters. The van der Waals surface area contributed by atoms with E-state index in [2.05, 4.69) is 11.6 Å². The second-order valence-corrected chi connectivity index (χ2v) is 4.10. The summed E-state index contributed by atoms with van der Waals surface area (Å²) >= 11 is 1.28. The Balaban J connectivity index is 3.06. The lowest BCUT2D eigenvalue weighted by atomic mass is 10.1. The third-order valence-corrected chi connectivity index (χ3v) is 2.59. The molecule has 0 fully saturated rings. The lowest BCUT2D eigenvalue weighted by Crippen LogP contribution is -2.00. The second-order valence-electron chi connectivity index (χ2n) is 2.86. The number of aliphatic hydroxyl groups excluding tert-OH is 1. The SMILES string of the molecule is C=C(C)C(O)c1nc(C=O)sc1C. The molecule has 0 bridgehead atoms. The van der Waals surface area contributed by atoms with Crippen molar-refractivity contribution in [2.24, 2.45) is 0 Å². The van der Waals surface area contributed by atoms with Crippen molar-refractivity contribution < 1.29 is 9.90 Å². The van der Waals surface area contributed by atoms with Crippen molar-refractivity contribution in [3.05, 3.63) is 27.7 Å². The predicted octanol–water partition coefficient (Wildman–Crippen LogP) is 1.87. The van der Waals surface area contributed by atoms with Crippen LogP contribution in [0.2, 0.25) is 0 Å². The van der Waals surface area contributed by atoms with Crippen molar-refractivity contribution in [2.45, 2.75) is 20.0 Å². The number of aliphatic hydroxyl groups is 1. The van der Waals surface area contributed by atoms with Crippen LogP contribution >= 0.6 is 11.3 Å². The van der Waals surface area contributed by atoms with Gasteiger partial charge in [-0.05, 0) is 19.4 Å². The molecule has 1 unspecified atom stereocenters. The van der Waals surface area contributed by atoms with Gasteiger partial charge in [-0.15, -0.1) is 11.3 Å². The summed E-state index contributed by atoms with van der Waals surface area (Å²) in [5.74, 6) is 0. The van der Waals surface area contributed by atoms with Gasteiger partial charge in [-0.2, -0.15) is 0 Å². The molecule has 1 aromatic heterocycles. The van der Waals surface area contributed by atoms with Gasteiger partial charge in [-0.25, -0.2) is 4.98 Å². The predicted molar refractivity (Wildman–Crippen MR) is 52.0 cm³/mol. The summed E-state index contributed by atoms with van der Waals surface area (Å²) in [5, 5.41) is 10.0. The van der Waals surface area contributed by atoms with Gasteiger partial charge in [0.05, 0.1) is 5.69 Å². The standard InChI is InChI=1S/C9H11NO2S/c1-5(2)9(12)8-6(3)13-7(4-11)10-8/h4,9,12H,1H2,2-3H3. The number of carbonyl (C=O) groups is 1. The minimum atomic E-state index is -0.759. The Labute approximate surface area is 80.7 Å². The van der Waals surface area contributed by atoms with E-state index < -0.39 is 6.10 Å². The van der Waals surface area contributed by atoms with Crippen molar-refractivity contribution in [2.75, 3.05) is 0 Å². The Morgan fingerprint density at radius 2 is 2.38 bits per heavy atom. The number of aldehydes is 1. The van der Waals surface area contributed by atoms with Crippen molar-refractivity contribution in [3.63, 3.8) is 0 Å². The Hall–Kier alpha value is -1.00. The molecule has 0 aromatic carbocycles. The zero-order valence-corrected chi connectivity index (χ0v) is 8.39. The zero-order valence-electron chi connectivity index (χ0n) is 7.57. The first kappa shape index (κ1) is 10.1. The van der Waals surface area contributed by atoms with Crippen molar-refractivity contribution >= 4 is 17.6 Å². The fraction of sp³-hybridized carbons (Fsp3) is 0.333. The van der Waals surface area contributed by atoms with E-state index in [1.54, 1.807) is 6.92 Å². The van der Waals surface area contributed by atoms with Crippen LogP contribution in [0.1, 0.15) is 33.4 Å². The quantitative estimate of drug-likeness (QED) is 0.594.